The van der Waals surface area contributed by atoms with Crippen LogP contribution in [0.2, 0.25) is 0 Å². The maximum atomic E-state index is 13.7. The number of methoxy groups -OCH3 is 1. The van der Waals surface area contributed by atoms with Gasteiger partial charge in [0.1, 0.15) is 17.4 Å². The van der Waals surface area contributed by atoms with Crippen LogP contribution in [0.3, 0.4) is 0 Å². The molecule has 0 unspecified atom stereocenters. The van der Waals surface area contributed by atoms with E-state index in [2.05, 4.69) is 20.4 Å². The molecule has 1 amide bonds. The molecular formula is C24H24F2N4O2. The van der Waals surface area contributed by atoms with Crippen molar-refractivity contribution in [1.82, 2.24) is 15.5 Å². The lowest BCUT2D eigenvalue weighted by molar-refractivity contribution is -0.125. The summed E-state index contributed by atoms with van der Waals surface area (Å²) in [6.45, 7) is 1.15. The Balaban J connectivity index is 1.30. The van der Waals surface area contributed by atoms with Gasteiger partial charge >= 0.3 is 0 Å². The van der Waals surface area contributed by atoms with E-state index in [4.69, 9.17) is 4.74 Å². The van der Waals surface area contributed by atoms with Crippen molar-refractivity contribution in [2.24, 2.45) is 5.92 Å². The number of nitrogens with zero attached hydrogens (tertiary/aromatic N) is 3. The maximum Gasteiger partial charge on any atom is 0.223 e. The average molecular weight is 438 g/mol. The molecular weight excluding hydrogens is 414 g/mol. The van der Waals surface area contributed by atoms with Crippen molar-refractivity contribution in [1.29, 1.82) is 0 Å². The fraction of sp³-hybridized carbons (Fsp3) is 0.292. The summed E-state index contributed by atoms with van der Waals surface area (Å²) in [7, 11) is 1.62. The van der Waals surface area contributed by atoms with E-state index in [-0.39, 0.29) is 23.9 Å². The molecule has 0 radical (unpaired) electrons. The van der Waals surface area contributed by atoms with Crippen molar-refractivity contribution >= 4 is 11.7 Å². The summed E-state index contributed by atoms with van der Waals surface area (Å²) in [5.41, 5.74) is 1.60. The Kier molecular flexibility index (Phi) is 6.58. The molecule has 1 aliphatic heterocycles. The van der Waals surface area contributed by atoms with Crippen LogP contribution in [0.5, 0.6) is 5.75 Å². The number of halogens is 2. The molecule has 0 aliphatic carbocycles. The van der Waals surface area contributed by atoms with Gasteiger partial charge in [-0.3, -0.25) is 4.79 Å². The first-order chi connectivity index (χ1) is 15.5. The third kappa shape index (κ3) is 4.85. The number of nitrogens with one attached hydrogen (secondary N) is 1. The smallest absolute Gasteiger partial charge is 0.223 e. The molecule has 2 heterocycles. The lowest BCUT2D eigenvalue weighted by Crippen LogP contribution is -2.40. The number of hydrogen-bond acceptors (Lipinski definition) is 5. The Morgan fingerprint density at radius 2 is 1.72 bits per heavy atom. The van der Waals surface area contributed by atoms with Crippen LogP contribution in [0.15, 0.2) is 54.6 Å². The Morgan fingerprint density at radius 1 is 1.03 bits per heavy atom. The Labute approximate surface area is 185 Å². The molecule has 32 heavy (non-hydrogen) atoms. The minimum atomic E-state index is -0.656. The Hall–Kier alpha value is -3.55. The van der Waals surface area contributed by atoms with Gasteiger partial charge in [0.05, 0.1) is 12.8 Å². The zero-order valence-electron chi connectivity index (χ0n) is 17.7. The van der Waals surface area contributed by atoms with Gasteiger partial charge in [0.15, 0.2) is 5.82 Å². The summed E-state index contributed by atoms with van der Waals surface area (Å²) in [5, 5.41) is 11.3. The fourth-order valence-corrected chi connectivity index (χ4v) is 3.80. The summed E-state index contributed by atoms with van der Waals surface area (Å²) < 4.78 is 32.6. The second-order valence-corrected chi connectivity index (χ2v) is 7.68. The van der Waals surface area contributed by atoms with E-state index < -0.39 is 11.6 Å². The maximum absolute atomic E-state index is 13.7. The molecule has 8 heteroatoms. The zero-order chi connectivity index (χ0) is 22.5. The van der Waals surface area contributed by atoms with Crippen molar-refractivity contribution < 1.29 is 18.3 Å². The highest BCUT2D eigenvalue weighted by molar-refractivity contribution is 5.79. The number of anilines is 1. The molecule has 0 bridgehead atoms. The molecule has 1 aromatic heterocycles. The lowest BCUT2D eigenvalue weighted by Gasteiger charge is -2.31. The standard InChI is InChI=1S/C24H24F2N4O2/c1-32-18-7-5-16(6-8-18)22-9-10-23(29-28-22)30-13-11-17(12-14-30)24(31)27-15-19-20(25)3-2-4-21(19)26/h2-10,17H,11-15H2,1H3,(H,27,31). The van der Waals surface area contributed by atoms with Crippen LogP contribution >= 0.6 is 0 Å². The monoisotopic (exact) mass is 438 g/mol. The number of rotatable bonds is 6. The average Bonchev–Trinajstić information content (AvgIpc) is 2.84. The number of carbonyl (C=O) groups excluding carboxylic acids is 1. The van der Waals surface area contributed by atoms with Crippen LogP contribution in [-0.4, -0.2) is 36.3 Å². The SMILES string of the molecule is COc1ccc(-c2ccc(N3CCC(C(=O)NCc4c(F)cccc4F)CC3)nn2)cc1. The molecule has 1 fully saturated rings. The molecule has 1 aliphatic rings. The predicted molar refractivity (Wildman–Crippen MR) is 117 cm³/mol. The number of ether oxygens (including phenoxy) is 1. The van der Waals surface area contributed by atoms with Crippen LogP contribution in [0.25, 0.3) is 11.3 Å². The van der Waals surface area contributed by atoms with Crippen LogP contribution < -0.4 is 15.0 Å². The van der Waals surface area contributed by atoms with Gasteiger partial charge in [-0.1, -0.05) is 6.07 Å². The van der Waals surface area contributed by atoms with E-state index in [1.54, 1.807) is 7.11 Å². The van der Waals surface area contributed by atoms with E-state index in [9.17, 15) is 13.6 Å². The van der Waals surface area contributed by atoms with Gasteiger partial charge in [0.2, 0.25) is 5.91 Å². The number of piperidine rings is 1. The largest absolute Gasteiger partial charge is 0.497 e. The predicted octanol–water partition coefficient (Wildman–Crippen LogP) is 3.96. The van der Waals surface area contributed by atoms with Gasteiger partial charge in [-0.25, -0.2) is 8.78 Å². The van der Waals surface area contributed by atoms with Crippen molar-refractivity contribution in [2.45, 2.75) is 19.4 Å². The van der Waals surface area contributed by atoms with Gasteiger partial charge in [-0.2, -0.15) is 0 Å². The Bertz CT molecular complexity index is 1050. The molecule has 0 spiro atoms. The molecule has 166 valence electrons. The summed E-state index contributed by atoms with van der Waals surface area (Å²) in [6, 6.07) is 15.1. The fourth-order valence-electron chi connectivity index (χ4n) is 3.80. The van der Waals surface area contributed by atoms with Crippen LogP contribution in [0.1, 0.15) is 18.4 Å². The first-order valence-electron chi connectivity index (χ1n) is 10.5. The number of amides is 1. The minimum Gasteiger partial charge on any atom is -0.497 e. The second kappa shape index (κ2) is 9.72. The summed E-state index contributed by atoms with van der Waals surface area (Å²) in [5.74, 6) is -0.159. The molecule has 3 aromatic rings. The molecule has 0 atom stereocenters. The topological polar surface area (TPSA) is 67.3 Å². The molecule has 2 aromatic carbocycles. The van der Waals surface area contributed by atoms with Gasteiger partial charge in [0.25, 0.3) is 0 Å². The molecule has 0 saturated carbocycles. The normalized spacial score (nSPS) is 14.3. The van der Waals surface area contributed by atoms with Crippen molar-refractivity contribution in [2.75, 3.05) is 25.1 Å². The van der Waals surface area contributed by atoms with Crippen LogP contribution in [-0.2, 0) is 11.3 Å². The highest BCUT2D eigenvalue weighted by Crippen LogP contribution is 2.25. The van der Waals surface area contributed by atoms with E-state index in [1.807, 2.05) is 36.4 Å². The minimum absolute atomic E-state index is 0.120. The van der Waals surface area contributed by atoms with E-state index in [1.165, 1.54) is 18.2 Å². The van der Waals surface area contributed by atoms with E-state index in [0.29, 0.717) is 25.9 Å². The quantitative estimate of drug-likeness (QED) is 0.631. The first kappa shape index (κ1) is 21.7. The first-order valence-corrected chi connectivity index (χ1v) is 10.5. The number of hydrogen-bond donors (Lipinski definition) is 1. The molecule has 1 N–H and O–H groups in total. The number of carbonyl (C=O) groups is 1. The highest BCUT2D eigenvalue weighted by atomic mass is 19.1. The summed E-state index contributed by atoms with van der Waals surface area (Å²) in [6.07, 6.45) is 1.26. The number of aromatic nitrogens is 2. The summed E-state index contributed by atoms with van der Waals surface area (Å²) in [4.78, 5) is 14.6. The van der Waals surface area contributed by atoms with Gasteiger partial charge in [-0.15, -0.1) is 10.2 Å². The van der Waals surface area contributed by atoms with Crippen LogP contribution in [0.4, 0.5) is 14.6 Å². The van der Waals surface area contributed by atoms with Gasteiger partial charge < -0.3 is 15.0 Å². The van der Waals surface area contributed by atoms with Crippen molar-refractivity contribution in [3.63, 3.8) is 0 Å². The molecule has 1 saturated heterocycles. The van der Waals surface area contributed by atoms with Gasteiger partial charge in [0, 0.05) is 36.7 Å². The van der Waals surface area contributed by atoms with Crippen LogP contribution in [0, 0.1) is 17.6 Å². The highest BCUT2D eigenvalue weighted by Gasteiger charge is 2.26. The second-order valence-electron chi connectivity index (χ2n) is 7.68. The van der Waals surface area contributed by atoms with Crippen molar-refractivity contribution in [3.8, 4) is 17.0 Å². The number of benzene rings is 2. The molecule has 6 nitrogen and oxygen atoms in total. The summed E-state index contributed by atoms with van der Waals surface area (Å²) >= 11 is 0. The Morgan fingerprint density at radius 3 is 2.31 bits per heavy atom. The lowest BCUT2D eigenvalue weighted by atomic mass is 9.95. The van der Waals surface area contributed by atoms with E-state index >= 15 is 0 Å². The zero-order valence-corrected chi connectivity index (χ0v) is 17.7. The van der Waals surface area contributed by atoms with E-state index in [0.717, 1.165) is 22.8 Å². The van der Waals surface area contributed by atoms with Gasteiger partial charge in [-0.05, 0) is 61.4 Å². The van der Waals surface area contributed by atoms with Crippen molar-refractivity contribution in [3.05, 3.63) is 71.8 Å². The third-order valence-corrected chi connectivity index (χ3v) is 5.73. The molecule has 4 rings (SSSR count). The third-order valence-electron chi connectivity index (χ3n) is 5.73.